The largest absolute Gasteiger partial charge is 0.492 e. The fourth-order valence-electron chi connectivity index (χ4n) is 17.4. The van der Waals surface area contributed by atoms with E-state index in [1.165, 1.54) is 11.1 Å². The number of benzene rings is 2. The smallest absolute Gasteiger partial charge is 0.228 e. The standard InChI is InChI=1S/C24H28ClN7O2S.C23H27N7O2S.C21H28N6O3S.C16H20N6O2S/c1-15-12-16(2-3-18(15)25)13-20-29-30-21-14-31(7-8-32(20)21)24-27-19-6-11-35(33)22(19)23(28-24)26-17-4-9-34-10-5-17;1-15-2-4-16(5-3-15)22-28-27-19-14-29(9-10-30(19)22)23-25-18-8-13-33(31)20(18)21(26-23)24-17-6-11-32-12-7-17;1-3-30-14(2)17-12-26-7-8-27(13-18(26)23-17)21-24-16-6-11-31(28)19(16)20(25-21)22-15-4-9-29-10-5-15;23-10-16(2-3-16)20-14-13-11(1-8-25(13)24)18-15(19-14)22-7-6-21-5-4-17-12(21)9-22/h2-3,12,17H,4-11,13-14H2,1H3,(H,26,27,28);2-5,17H,6-14H2,1H3,(H,24,25,26);12,15H,2-11,13H2,1H3,(H,22,24,25);4-5,23H,1-3,6-10H2,(H,18,19,20). The number of halogens is 1. The van der Waals surface area contributed by atoms with Gasteiger partial charge in [0.25, 0.3) is 0 Å². The number of aromatic nitrogens is 18. The van der Waals surface area contributed by atoms with Gasteiger partial charge in [-0.3, -0.25) is 16.8 Å². The van der Waals surface area contributed by atoms with Crippen molar-refractivity contribution < 1.29 is 40.9 Å². The van der Waals surface area contributed by atoms with Crippen LogP contribution in [0.2, 0.25) is 5.02 Å². The molecule has 10 aromatic rings. The molecule has 40 heteroatoms. The number of hydrogen-bond acceptors (Lipinski definition) is 31. The number of anilines is 8. The van der Waals surface area contributed by atoms with Gasteiger partial charge >= 0.3 is 0 Å². The van der Waals surface area contributed by atoms with E-state index in [-0.39, 0.29) is 30.3 Å². The summed E-state index contributed by atoms with van der Waals surface area (Å²) >= 11 is 6.18. The van der Waals surface area contributed by atoms with Crippen LogP contribution in [0.15, 0.2) is 87.2 Å². The second-order valence-corrected chi connectivity index (χ2v) is 39.6. The zero-order chi connectivity index (χ0) is 84.7. The van der Waals surface area contributed by atoms with Crippen LogP contribution < -0.4 is 40.9 Å². The molecule has 124 heavy (non-hydrogen) atoms. The molecular weight excluding hydrogens is 1680 g/mol. The Morgan fingerprint density at radius 2 is 0.984 bits per heavy atom. The minimum Gasteiger partial charge on any atom is -0.492 e. The van der Waals surface area contributed by atoms with Gasteiger partial charge in [-0.1, -0.05) is 60.1 Å². The third-order valence-corrected chi connectivity index (χ3v) is 31.0. The van der Waals surface area contributed by atoms with Gasteiger partial charge in [0, 0.05) is 194 Å². The highest BCUT2D eigenvalue weighted by atomic mass is 35.5. The molecule has 35 nitrogen and oxygen atoms in total. The molecule has 0 spiro atoms. The van der Waals surface area contributed by atoms with Gasteiger partial charge in [0.2, 0.25) is 23.8 Å². The quantitative estimate of drug-likeness (QED) is 0.0490. The molecule has 8 aromatic heterocycles. The first-order valence-corrected chi connectivity index (χ1v) is 48.8. The molecule has 1 saturated carbocycles. The summed E-state index contributed by atoms with van der Waals surface area (Å²) in [6, 6.07) is 15.3. The lowest BCUT2D eigenvalue weighted by Gasteiger charge is -2.29. The Labute approximate surface area is 733 Å². The van der Waals surface area contributed by atoms with Crippen LogP contribution in [-0.2, 0) is 147 Å². The van der Waals surface area contributed by atoms with Crippen molar-refractivity contribution in [2.75, 3.05) is 143 Å². The Balaban J connectivity index is 0.000000109. The highest BCUT2D eigenvalue weighted by molar-refractivity contribution is 7.86. The Hall–Kier alpha value is -9.87. The molecule has 0 bridgehead atoms. The van der Waals surface area contributed by atoms with Crippen LogP contribution in [-0.4, -0.2) is 236 Å². The molecule has 3 saturated heterocycles. The van der Waals surface area contributed by atoms with Crippen molar-refractivity contribution in [3.05, 3.63) is 147 Å². The molecule has 19 heterocycles. The van der Waals surface area contributed by atoms with E-state index in [4.69, 9.17) is 75.4 Å². The van der Waals surface area contributed by atoms with Crippen LogP contribution in [0, 0.1) is 13.8 Å². The average molecular weight is 1780 g/mol. The summed E-state index contributed by atoms with van der Waals surface area (Å²) in [4.78, 5) is 59.2. The minimum atomic E-state index is -1.07. The predicted molar refractivity (Wildman–Crippen MR) is 472 cm³/mol. The van der Waals surface area contributed by atoms with Crippen LogP contribution >= 0.6 is 11.6 Å². The van der Waals surface area contributed by atoms with Gasteiger partial charge < -0.3 is 83.2 Å². The van der Waals surface area contributed by atoms with Crippen LogP contribution in [0.3, 0.4) is 0 Å². The topological polar surface area (TPSA) is 387 Å². The molecule has 22 rings (SSSR count). The Morgan fingerprint density at radius 1 is 0.532 bits per heavy atom. The first-order chi connectivity index (χ1) is 60.5. The van der Waals surface area contributed by atoms with Crippen LogP contribution in [0.1, 0.15) is 133 Å². The summed E-state index contributed by atoms with van der Waals surface area (Å²) in [7, 11) is -4.21. The molecule has 654 valence electrons. The van der Waals surface area contributed by atoms with Crippen molar-refractivity contribution in [1.82, 2.24) is 88.5 Å². The fraction of sp³-hybridized carbons (Fsp3) is 0.524. The minimum absolute atomic E-state index is 0.0644. The van der Waals surface area contributed by atoms with E-state index in [0.29, 0.717) is 110 Å². The third-order valence-electron chi connectivity index (χ3n) is 24.7. The van der Waals surface area contributed by atoms with Gasteiger partial charge in [-0.2, -0.15) is 19.9 Å². The lowest BCUT2D eigenvalue weighted by molar-refractivity contribution is 0.0902. The van der Waals surface area contributed by atoms with Gasteiger partial charge in [-0.15, -0.1) is 20.4 Å². The Bertz CT molecular complexity index is 5750. The van der Waals surface area contributed by atoms with E-state index >= 15 is 0 Å². The molecule has 0 amide bonds. The monoisotopic (exact) mass is 1780 g/mol. The first kappa shape index (κ1) is 83.7. The molecule has 2 aromatic carbocycles. The highest BCUT2D eigenvalue weighted by Gasteiger charge is 2.45. The van der Waals surface area contributed by atoms with E-state index in [1.54, 1.807) is 0 Å². The number of fused-ring (bicyclic) bond motifs is 8. The van der Waals surface area contributed by atoms with Crippen molar-refractivity contribution in [3.8, 4) is 11.4 Å². The molecule has 4 unspecified atom stereocenters. The van der Waals surface area contributed by atoms with Crippen molar-refractivity contribution in [1.29, 1.82) is 0 Å². The Morgan fingerprint density at radius 3 is 1.48 bits per heavy atom. The zero-order valence-electron chi connectivity index (χ0n) is 69.9. The number of ether oxygens (including phenoxy) is 4. The SMILES string of the molecule is C=C(OCC)c1cn2c(n1)CN(c1nc3c(c(NC4CCOCC4)n1)S(=O)CC3)CC2.Cc1cc(Cc2nnc3n2CCN(c2nc4c(c(NC5CCOCC5)n2)S(=O)CC4)C3)ccc1Cl.Cc1ccc(-c2nnc3n2CCN(c2nc4c(c(NC5CCOCC5)n2)S(=O)CC4)C3)cc1.O=S1CCc2nc(N3CCn4ccnc4C3)nc(NC3(CO)CC3)c21. The number of aliphatic hydroxyl groups is 1. The number of aryl methyl sites for hydroxylation is 6. The predicted octanol–water partition coefficient (Wildman–Crippen LogP) is 7.46. The molecule has 11 aliphatic heterocycles. The van der Waals surface area contributed by atoms with Crippen LogP contribution in [0.5, 0.6) is 0 Å². The number of aliphatic hydroxyl groups excluding tert-OH is 1. The first-order valence-electron chi connectivity index (χ1n) is 43.1. The number of imidazole rings is 2. The second-order valence-electron chi connectivity index (χ2n) is 33.2. The lowest BCUT2D eigenvalue weighted by Crippen LogP contribution is -2.36. The Kier molecular flexibility index (Phi) is 24.7. The van der Waals surface area contributed by atoms with Crippen molar-refractivity contribution in [2.45, 2.75) is 200 Å². The average Bonchev–Trinajstić information content (AvgIpc) is 1.61. The summed E-state index contributed by atoms with van der Waals surface area (Å²) in [5.74, 6) is 14.1. The van der Waals surface area contributed by atoms with E-state index in [1.807, 2.05) is 44.6 Å². The normalized spacial score (nSPS) is 21.0. The third kappa shape index (κ3) is 18.0. The van der Waals surface area contributed by atoms with Gasteiger partial charge in [-0.25, -0.2) is 29.9 Å². The molecular formula is C84H103ClN26O9S4. The molecule has 4 fully saturated rings. The maximum Gasteiger partial charge on any atom is 0.228 e. The number of hydrogen-bond donors (Lipinski definition) is 5. The van der Waals surface area contributed by atoms with Gasteiger partial charge in [0.1, 0.15) is 71.8 Å². The van der Waals surface area contributed by atoms with E-state index in [9.17, 15) is 21.9 Å². The summed E-state index contributed by atoms with van der Waals surface area (Å²) in [6.45, 7) is 23.8. The second kappa shape index (κ2) is 36.6. The summed E-state index contributed by atoms with van der Waals surface area (Å²) in [6.07, 6.45) is 16.7. The molecule has 12 aliphatic rings. The molecule has 0 radical (unpaired) electrons. The van der Waals surface area contributed by atoms with Crippen molar-refractivity contribution >= 4 is 108 Å². The number of nitrogens with zero attached hydrogens (tertiary/aromatic N) is 22. The highest BCUT2D eigenvalue weighted by Crippen LogP contribution is 2.43. The zero-order valence-corrected chi connectivity index (χ0v) is 74.0. The van der Waals surface area contributed by atoms with Gasteiger partial charge in [0.05, 0.1) is 111 Å². The van der Waals surface area contributed by atoms with Crippen molar-refractivity contribution in [2.24, 2.45) is 0 Å². The summed E-state index contributed by atoms with van der Waals surface area (Å²) in [5.41, 5.74) is 8.57. The maximum absolute atomic E-state index is 12.7. The fourth-order valence-corrected chi connectivity index (χ4v) is 22.8. The molecule has 1 aliphatic carbocycles. The number of rotatable bonds is 19. The van der Waals surface area contributed by atoms with E-state index in [0.717, 1.165) is 273 Å². The lowest BCUT2D eigenvalue weighted by atomic mass is 10.1. The van der Waals surface area contributed by atoms with E-state index in [2.05, 4.69) is 128 Å². The van der Waals surface area contributed by atoms with Gasteiger partial charge in [0.15, 0.2) is 17.5 Å². The molecule has 4 atom stereocenters. The van der Waals surface area contributed by atoms with Gasteiger partial charge in [-0.05, 0) is 89.3 Å². The summed E-state index contributed by atoms with van der Waals surface area (Å²) in [5, 5.41) is 42.3. The molecule has 5 N–H and O–H groups in total. The van der Waals surface area contributed by atoms with Crippen LogP contribution in [0.25, 0.3) is 17.1 Å². The maximum atomic E-state index is 12.7. The summed E-state index contributed by atoms with van der Waals surface area (Å²) < 4.78 is 81.0. The van der Waals surface area contributed by atoms with Crippen molar-refractivity contribution in [3.63, 3.8) is 0 Å². The van der Waals surface area contributed by atoms with Crippen LogP contribution in [0.4, 0.5) is 47.1 Å². The number of nitrogens with one attached hydrogen (secondary N) is 4. The van der Waals surface area contributed by atoms with E-state index < -0.39 is 43.2 Å².